The molecule has 0 amide bonds. The topological polar surface area (TPSA) is 36.4 Å². The number of aliphatic hydroxyl groups is 1. The molecule has 1 saturated heterocycles. The maximum atomic E-state index is 9.45. The summed E-state index contributed by atoms with van der Waals surface area (Å²) in [6.07, 6.45) is 0.761. The van der Waals surface area contributed by atoms with Gasteiger partial charge < -0.3 is 5.11 Å². The fourth-order valence-electron chi connectivity index (χ4n) is 1.91. The molecule has 0 bridgehead atoms. The summed E-state index contributed by atoms with van der Waals surface area (Å²) in [4.78, 5) is 6.94. The summed E-state index contributed by atoms with van der Waals surface area (Å²) in [5.74, 6) is 0. The Morgan fingerprint density at radius 2 is 2.31 bits per heavy atom. The molecule has 0 spiro atoms. The average molecular weight is 240 g/mol. The van der Waals surface area contributed by atoms with Crippen LogP contribution in [0.15, 0.2) is 5.38 Å². The highest BCUT2D eigenvalue weighted by atomic mass is 32.1. The quantitative estimate of drug-likeness (QED) is 0.859. The number of hydrogen-bond acceptors (Lipinski definition) is 4. The minimum atomic E-state index is -0.138. The van der Waals surface area contributed by atoms with Crippen LogP contribution < -0.4 is 0 Å². The van der Waals surface area contributed by atoms with E-state index in [0.29, 0.717) is 0 Å². The highest BCUT2D eigenvalue weighted by Crippen LogP contribution is 2.26. The SMILES string of the molecule is CC(C)(C)c1nc(CN2CCC(O)C2)cs1. The molecule has 1 aliphatic heterocycles. The van der Waals surface area contributed by atoms with Crippen molar-refractivity contribution in [2.24, 2.45) is 0 Å². The largest absolute Gasteiger partial charge is 0.392 e. The Balaban J connectivity index is 1.98. The molecule has 1 N–H and O–H groups in total. The van der Waals surface area contributed by atoms with Crippen LogP contribution in [0.4, 0.5) is 0 Å². The zero-order chi connectivity index (χ0) is 11.8. The lowest BCUT2D eigenvalue weighted by atomic mass is 9.98. The Labute approximate surface area is 101 Å². The smallest absolute Gasteiger partial charge is 0.0982 e. The second-order valence-corrected chi connectivity index (χ2v) is 6.43. The van der Waals surface area contributed by atoms with Crippen LogP contribution in [0.25, 0.3) is 0 Å². The molecule has 0 aromatic carbocycles. The second kappa shape index (κ2) is 4.43. The third-order valence-electron chi connectivity index (χ3n) is 2.83. The van der Waals surface area contributed by atoms with Crippen LogP contribution in [0.2, 0.25) is 0 Å². The van der Waals surface area contributed by atoms with Crippen LogP contribution in [0, 0.1) is 0 Å². The molecule has 3 nitrogen and oxygen atoms in total. The van der Waals surface area contributed by atoms with E-state index in [1.807, 2.05) is 0 Å². The van der Waals surface area contributed by atoms with Gasteiger partial charge in [-0.05, 0) is 6.42 Å². The van der Waals surface area contributed by atoms with Gasteiger partial charge in [-0.1, -0.05) is 20.8 Å². The standard InChI is InChI=1S/C12H20N2OS/c1-12(2,3)11-13-9(8-16-11)6-14-5-4-10(15)7-14/h8,10,15H,4-7H2,1-3H3. The summed E-state index contributed by atoms with van der Waals surface area (Å²) in [6, 6.07) is 0. The van der Waals surface area contributed by atoms with Crippen LogP contribution in [0.1, 0.15) is 37.9 Å². The summed E-state index contributed by atoms with van der Waals surface area (Å²) in [7, 11) is 0. The molecule has 1 aliphatic rings. The Kier molecular flexibility index (Phi) is 3.33. The highest BCUT2D eigenvalue weighted by Gasteiger charge is 2.22. The van der Waals surface area contributed by atoms with E-state index in [0.717, 1.165) is 31.7 Å². The molecule has 2 rings (SSSR count). The van der Waals surface area contributed by atoms with Gasteiger partial charge in [-0.3, -0.25) is 4.90 Å². The number of hydrogen-bond donors (Lipinski definition) is 1. The van der Waals surface area contributed by atoms with Crippen LogP contribution in [0.5, 0.6) is 0 Å². The van der Waals surface area contributed by atoms with Gasteiger partial charge in [-0.2, -0.15) is 0 Å². The number of thiazole rings is 1. The van der Waals surface area contributed by atoms with Crippen molar-refractivity contribution in [3.05, 3.63) is 16.1 Å². The van der Waals surface area contributed by atoms with E-state index in [1.54, 1.807) is 11.3 Å². The van der Waals surface area contributed by atoms with E-state index in [-0.39, 0.29) is 11.5 Å². The van der Waals surface area contributed by atoms with Gasteiger partial charge in [0, 0.05) is 30.4 Å². The minimum Gasteiger partial charge on any atom is -0.392 e. The molecule has 2 heterocycles. The molecule has 4 heteroatoms. The van der Waals surface area contributed by atoms with Gasteiger partial charge in [-0.15, -0.1) is 11.3 Å². The van der Waals surface area contributed by atoms with E-state index in [2.05, 4.69) is 36.0 Å². The molecule has 1 aromatic rings. The number of nitrogens with zero attached hydrogens (tertiary/aromatic N) is 2. The lowest BCUT2D eigenvalue weighted by molar-refractivity contribution is 0.174. The fourth-order valence-corrected chi connectivity index (χ4v) is 2.81. The first kappa shape index (κ1) is 12.0. The number of aliphatic hydroxyl groups excluding tert-OH is 1. The average Bonchev–Trinajstić information content (AvgIpc) is 2.74. The zero-order valence-corrected chi connectivity index (χ0v) is 11.0. The first-order chi connectivity index (χ1) is 7.45. The van der Waals surface area contributed by atoms with Gasteiger partial charge in [0.05, 0.1) is 16.8 Å². The summed E-state index contributed by atoms with van der Waals surface area (Å²) in [5.41, 5.74) is 1.29. The van der Waals surface area contributed by atoms with E-state index in [1.165, 1.54) is 5.01 Å². The van der Waals surface area contributed by atoms with Crippen molar-refractivity contribution in [1.82, 2.24) is 9.88 Å². The maximum Gasteiger partial charge on any atom is 0.0982 e. The Morgan fingerprint density at radius 3 is 2.81 bits per heavy atom. The first-order valence-corrected chi connectivity index (χ1v) is 6.68. The molecular formula is C12H20N2OS. The van der Waals surface area contributed by atoms with Gasteiger partial charge in [0.15, 0.2) is 0 Å². The van der Waals surface area contributed by atoms with Crippen LogP contribution in [0.3, 0.4) is 0 Å². The molecule has 16 heavy (non-hydrogen) atoms. The van der Waals surface area contributed by atoms with E-state index in [4.69, 9.17) is 0 Å². The van der Waals surface area contributed by atoms with Crippen LogP contribution in [-0.4, -0.2) is 34.2 Å². The minimum absolute atomic E-state index is 0.138. The second-order valence-electron chi connectivity index (χ2n) is 5.57. The predicted molar refractivity (Wildman–Crippen MR) is 66.7 cm³/mol. The summed E-state index contributed by atoms with van der Waals surface area (Å²) >= 11 is 1.74. The Morgan fingerprint density at radius 1 is 1.56 bits per heavy atom. The van der Waals surface area contributed by atoms with Crippen molar-refractivity contribution in [2.75, 3.05) is 13.1 Å². The molecule has 1 unspecified atom stereocenters. The van der Waals surface area contributed by atoms with Crippen molar-refractivity contribution >= 4 is 11.3 Å². The van der Waals surface area contributed by atoms with E-state index in [9.17, 15) is 5.11 Å². The normalized spacial score (nSPS) is 22.9. The first-order valence-electron chi connectivity index (χ1n) is 5.80. The molecular weight excluding hydrogens is 220 g/mol. The Hall–Kier alpha value is -0.450. The fraction of sp³-hybridized carbons (Fsp3) is 0.750. The molecule has 0 saturated carbocycles. The van der Waals surface area contributed by atoms with Crippen LogP contribution in [-0.2, 0) is 12.0 Å². The van der Waals surface area contributed by atoms with Gasteiger partial charge in [0.25, 0.3) is 0 Å². The van der Waals surface area contributed by atoms with Crippen molar-refractivity contribution in [3.63, 3.8) is 0 Å². The zero-order valence-electron chi connectivity index (χ0n) is 10.2. The van der Waals surface area contributed by atoms with Gasteiger partial charge in [0.2, 0.25) is 0 Å². The van der Waals surface area contributed by atoms with Crippen molar-refractivity contribution in [1.29, 1.82) is 0 Å². The van der Waals surface area contributed by atoms with Crippen molar-refractivity contribution in [3.8, 4) is 0 Å². The molecule has 1 fully saturated rings. The molecule has 1 atom stereocenters. The van der Waals surface area contributed by atoms with E-state index >= 15 is 0 Å². The highest BCUT2D eigenvalue weighted by molar-refractivity contribution is 7.09. The predicted octanol–water partition coefficient (Wildman–Crippen LogP) is 2.01. The molecule has 0 radical (unpaired) electrons. The lowest BCUT2D eigenvalue weighted by Gasteiger charge is -2.15. The summed E-state index contributed by atoms with van der Waals surface area (Å²) in [6.45, 7) is 9.23. The van der Waals surface area contributed by atoms with Gasteiger partial charge in [0.1, 0.15) is 0 Å². The summed E-state index contributed by atoms with van der Waals surface area (Å²) in [5, 5.41) is 12.8. The molecule has 1 aromatic heterocycles. The third kappa shape index (κ3) is 2.81. The van der Waals surface area contributed by atoms with Crippen LogP contribution >= 0.6 is 11.3 Å². The molecule has 90 valence electrons. The maximum absolute atomic E-state index is 9.45. The monoisotopic (exact) mass is 240 g/mol. The summed E-state index contributed by atoms with van der Waals surface area (Å²) < 4.78 is 0. The van der Waals surface area contributed by atoms with Gasteiger partial charge >= 0.3 is 0 Å². The number of aromatic nitrogens is 1. The van der Waals surface area contributed by atoms with Crippen molar-refractivity contribution in [2.45, 2.75) is 45.3 Å². The Bertz CT molecular complexity index is 356. The van der Waals surface area contributed by atoms with Gasteiger partial charge in [-0.25, -0.2) is 4.98 Å². The number of rotatable bonds is 2. The van der Waals surface area contributed by atoms with Crippen molar-refractivity contribution < 1.29 is 5.11 Å². The third-order valence-corrected chi connectivity index (χ3v) is 4.14. The molecule has 0 aliphatic carbocycles. The van der Waals surface area contributed by atoms with E-state index < -0.39 is 0 Å². The number of β-amino-alcohol motifs (C(OH)–C–C–N with tert-alkyl or cyclic N) is 1. The lowest BCUT2D eigenvalue weighted by Crippen LogP contribution is -2.21. The number of likely N-dealkylation sites (tertiary alicyclic amines) is 1.